The Hall–Kier alpha value is -2.80. The van der Waals surface area contributed by atoms with Crippen molar-refractivity contribution in [3.63, 3.8) is 0 Å². The van der Waals surface area contributed by atoms with Gasteiger partial charge in [0.25, 0.3) is 5.91 Å². The molecule has 0 saturated carbocycles. The van der Waals surface area contributed by atoms with Crippen LogP contribution < -0.4 is 14.8 Å². The number of amides is 1. The molecule has 0 atom stereocenters. The maximum atomic E-state index is 12.4. The van der Waals surface area contributed by atoms with Crippen molar-refractivity contribution < 1.29 is 18.7 Å². The lowest BCUT2D eigenvalue weighted by Crippen LogP contribution is -2.13. The Morgan fingerprint density at radius 1 is 1.23 bits per heavy atom. The third kappa shape index (κ3) is 2.21. The van der Waals surface area contributed by atoms with E-state index < -0.39 is 0 Å². The molecule has 0 saturated heterocycles. The van der Waals surface area contributed by atoms with Gasteiger partial charge in [-0.2, -0.15) is 0 Å². The van der Waals surface area contributed by atoms with Crippen LogP contribution in [0, 0.1) is 0 Å². The first-order valence-electron chi connectivity index (χ1n) is 6.49. The Labute approximate surface area is 129 Å². The highest BCUT2D eigenvalue weighted by atomic mass is 32.1. The van der Waals surface area contributed by atoms with Gasteiger partial charge in [0.15, 0.2) is 29.3 Å². The fourth-order valence-corrected chi connectivity index (χ4v) is 2.87. The van der Waals surface area contributed by atoms with E-state index in [-0.39, 0.29) is 18.4 Å². The summed E-state index contributed by atoms with van der Waals surface area (Å²) in [6.07, 6.45) is 1.27. The zero-order chi connectivity index (χ0) is 14.9. The molecule has 3 heterocycles. The van der Waals surface area contributed by atoms with Gasteiger partial charge in [0, 0.05) is 11.8 Å². The predicted octanol–water partition coefficient (Wildman–Crippen LogP) is 3.38. The van der Waals surface area contributed by atoms with Gasteiger partial charge in [-0.15, -0.1) is 11.3 Å². The smallest absolute Gasteiger partial charge is 0.278 e. The number of fused-ring (bicyclic) bond motifs is 1. The zero-order valence-corrected chi connectivity index (χ0v) is 12.1. The molecule has 1 aliphatic rings. The number of hydrogen-bond acceptors (Lipinski definition) is 6. The summed E-state index contributed by atoms with van der Waals surface area (Å²) in [5.41, 5.74) is 0.856. The monoisotopic (exact) mass is 314 g/mol. The molecule has 0 bridgehead atoms. The lowest BCUT2D eigenvalue weighted by atomic mass is 10.2. The molecule has 0 aliphatic carbocycles. The molecule has 0 unspecified atom stereocenters. The summed E-state index contributed by atoms with van der Waals surface area (Å²) in [5, 5.41) is 4.70. The number of carbonyl (C=O) groups is 1. The number of aromatic nitrogens is 1. The Morgan fingerprint density at radius 3 is 3.00 bits per heavy atom. The molecule has 4 rings (SSSR count). The van der Waals surface area contributed by atoms with E-state index in [1.54, 1.807) is 18.2 Å². The van der Waals surface area contributed by atoms with Crippen molar-refractivity contribution in [3.8, 4) is 22.1 Å². The fourth-order valence-electron chi connectivity index (χ4n) is 2.16. The van der Waals surface area contributed by atoms with E-state index in [2.05, 4.69) is 10.3 Å². The summed E-state index contributed by atoms with van der Waals surface area (Å²) in [4.78, 5) is 17.3. The van der Waals surface area contributed by atoms with Crippen LogP contribution in [0.3, 0.4) is 0 Å². The molecular formula is C15H10N2O4S. The van der Waals surface area contributed by atoms with Gasteiger partial charge < -0.3 is 19.2 Å². The van der Waals surface area contributed by atoms with Crippen LogP contribution in [0.2, 0.25) is 0 Å². The summed E-state index contributed by atoms with van der Waals surface area (Å²) in [6.45, 7) is 0.193. The molecule has 0 spiro atoms. The number of anilines is 1. The molecule has 3 aromatic rings. The molecule has 1 N–H and O–H groups in total. The van der Waals surface area contributed by atoms with Crippen LogP contribution in [-0.2, 0) is 0 Å². The molecule has 7 heteroatoms. The normalized spacial score (nSPS) is 12.4. The summed E-state index contributed by atoms with van der Waals surface area (Å²) >= 11 is 1.48. The van der Waals surface area contributed by atoms with Crippen molar-refractivity contribution in [2.75, 3.05) is 12.1 Å². The number of benzene rings is 1. The highest BCUT2D eigenvalue weighted by Crippen LogP contribution is 2.34. The molecule has 1 aromatic carbocycles. The van der Waals surface area contributed by atoms with Gasteiger partial charge in [-0.1, -0.05) is 6.07 Å². The standard InChI is InChI=1S/C15H10N2O4S/c18-15(13-14(19-7-16-13)12-2-1-5-22-12)17-9-3-4-10-11(6-9)21-8-20-10/h1-7H,8H2,(H,17,18). The van der Waals surface area contributed by atoms with Gasteiger partial charge in [-0.05, 0) is 23.6 Å². The molecule has 1 amide bonds. The van der Waals surface area contributed by atoms with Crippen LogP contribution in [-0.4, -0.2) is 17.7 Å². The summed E-state index contributed by atoms with van der Waals surface area (Å²) in [5.74, 6) is 1.40. The number of carbonyl (C=O) groups excluding carboxylic acids is 1. The maximum Gasteiger partial charge on any atom is 0.278 e. The number of nitrogens with one attached hydrogen (secondary N) is 1. The van der Waals surface area contributed by atoms with Crippen LogP contribution >= 0.6 is 11.3 Å². The van der Waals surface area contributed by atoms with Gasteiger partial charge >= 0.3 is 0 Å². The minimum absolute atomic E-state index is 0.193. The molecule has 2 aromatic heterocycles. The van der Waals surface area contributed by atoms with Crippen molar-refractivity contribution in [1.82, 2.24) is 4.98 Å². The Bertz CT molecular complexity index is 826. The summed E-state index contributed by atoms with van der Waals surface area (Å²) in [7, 11) is 0. The second kappa shape index (κ2) is 5.19. The highest BCUT2D eigenvalue weighted by molar-refractivity contribution is 7.13. The molecular weight excluding hydrogens is 304 g/mol. The number of ether oxygens (including phenoxy) is 2. The summed E-state index contributed by atoms with van der Waals surface area (Å²) in [6, 6.07) is 8.98. The lowest BCUT2D eigenvalue weighted by molar-refractivity contribution is 0.102. The minimum atomic E-state index is -0.337. The van der Waals surface area contributed by atoms with Crippen LogP contribution in [0.15, 0.2) is 46.5 Å². The highest BCUT2D eigenvalue weighted by Gasteiger charge is 2.20. The van der Waals surface area contributed by atoms with Crippen LogP contribution in [0.25, 0.3) is 10.6 Å². The van der Waals surface area contributed by atoms with Crippen LogP contribution in [0.4, 0.5) is 5.69 Å². The first kappa shape index (κ1) is 12.9. The number of oxazole rings is 1. The molecule has 6 nitrogen and oxygen atoms in total. The van der Waals surface area contributed by atoms with Crippen LogP contribution in [0.1, 0.15) is 10.5 Å². The Morgan fingerprint density at radius 2 is 2.14 bits per heavy atom. The number of nitrogens with zero attached hydrogens (tertiary/aromatic N) is 1. The third-order valence-electron chi connectivity index (χ3n) is 3.16. The van der Waals surface area contributed by atoms with Crippen molar-refractivity contribution >= 4 is 22.9 Å². The first-order chi connectivity index (χ1) is 10.8. The fraction of sp³-hybridized carbons (Fsp3) is 0.0667. The van der Waals surface area contributed by atoms with E-state index in [4.69, 9.17) is 13.9 Å². The Balaban J connectivity index is 1.59. The second-order valence-electron chi connectivity index (χ2n) is 4.53. The third-order valence-corrected chi connectivity index (χ3v) is 4.03. The average molecular weight is 314 g/mol. The number of rotatable bonds is 3. The SMILES string of the molecule is O=C(Nc1ccc2c(c1)OCO2)c1ncoc1-c1cccs1. The van der Waals surface area contributed by atoms with Gasteiger partial charge in [0.1, 0.15) is 0 Å². The van der Waals surface area contributed by atoms with Crippen molar-refractivity contribution in [2.45, 2.75) is 0 Å². The molecule has 22 heavy (non-hydrogen) atoms. The van der Waals surface area contributed by atoms with E-state index in [1.165, 1.54) is 17.7 Å². The van der Waals surface area contributed by atoms with Crippen molar-refractivity contribution in [3.05, 3.63) is 47.8 Å². The Kier molecular flexibility index (Phi) is 3.05. The predicted molar refractivity (Wildman–Crippen MR) is 80.3 cm³/mol. The molecule has 1 aliphatic heterocycles. The minimum Gasteiger partial charge on any atom is -0.454 e. The van der Waals surface area contributed by atoms with E-state index >= 15 is 0 Å². The van der Waals surface area contributed by atoms with E-state index in [1.807, 2.05) is 17.5 Å². The van der Waals surface area contributed by atoms with Crippen LogP contribution in [0.5, 0.6) is 11.5 Å². The second-order valence-corrected chi connectivity index (χ2v) is 5.48. The molecule has 110 valence electrons. The molecule has 0 radical (unpaired) electrons. The maximum absolute atomic E-state index is 12.4. The molecule has 0 fully saturated rings. The topological polar surface area (TPSA) is 73.6 Å². The van der Waals surface area contributed by atoms with Gasteiger partial charge in [-0.3, -0.25) is 4.79 Å². The summed E-state index contributed by atoms with van der Waals surface area (Å²) < 4.78 is 15.9. The first-order valence-corrected chi connectivity index (χ1v) is 7.37. The zero-order valence-electron chi connectivity index (χ0n) is 11.2. The largest absolute Gasteiger partial charge is 0.454 e. The number of hydrogen-bond donors (Lipinski definition) is 1. The number of thiophene rings is 1. The average Bonchev–Trinajstić information content (AvgIpc) is 3.26. The quantitative estimate of drug-likeness (QED) is 0.802. The van der Waals surface area contributed by atoms with Crippen molar-refractivity contribution in [2.24, 2.45) is 0 Å². The lowest BCUT2D eigenvalue weighted by Gasteiger charge is -2.05. The van der Waals surface area contributed by atoms with Gasteiger partial charge in [-0.25, -0.2) is 4.98 Å². The van der Waals surface area contributed by atoms with E-state index in [0.717, 1.165) is 4.88 Å². The van der Waals surface area contributed by atoms with Gasteiger partial charge in [0.05, 0.1) is 4.88 Å². The van der Waals surface area contributed by atoms with E-state index in [0.29, 0.717) is 22.9 Å². The van der Waals surface area contributed by atoms with E-state index in [9.17, 15) is 4.79 Å². The van der Waals surface area contributed by atoms with Crippen molar-refractivity contribution in [1.29, 1.82) is 0 Å². The van der Waals surface area contributed by atoms with Gasteiger partial charge in [0.2, 0.25) is 6.79 Å².